The standard InChI is InChI=1S/C18H23N7O2/c1-11(2)25-13(4)17(12(3)21-25)19-18(26)14-7-6-8-15(9-14)27-10-16-20-22-23-24(16)5/h6-9,11H,10H2,1-5H3,(H,19,26). The van der Waals surface area contributed by atoms with Gasteiger partial charge in [-0.3, -0.25) is 9.48 Å². The van der Waals surface area contributed by atoms with E-state index in [2.05, 4.69) is 39.8 Å². The first kappa shape index (κ1) is 18.6. The first-order valence-electron chi connectivity index (χ1n) is 8.68. The van der Waals surface area contributed by atoms with Crippen LogP contribution in [0.25, 0.3) is 0 Å². The third-order valence-corrected chi connectivity index (χ3v) is 4.22. The summed E-state index contributed by atoms with van der Waals surface area (Å²) in [7, 11) is 1.74. The molecule has 3 aromatic rings. The van der Waals surface area contributed by atoms with Crippen molar-refractivity contribution in [1.82, 2.24) is 30.0 Å². The Hall–Kier alpha value is -3.23. The molecule has 27 heavy (non-hydrogen) atoms. The van der Waals surface area contributed by atoms with Crippen molar-refractivity contribution in [3.63, 3.8) is 0 Å². The Bertz CT molecular complexity index is 959. The van der Waals surface area contributed by atoms with Crippen molar-refractivity contribution < 1.29 is 9.53 Å². The molecule has 0 aliphatic heterocycles. The lowest BCUT2D eigenvalue weighted by molar-refractivity contribution is 0.102. The van der Waals surface area contributed by atoms with Crippen LogP contribution in [0.4, 0.5) is 5.69 Å². The van der Waals surface area contributed by atoms with E-state index in [-0.39, 0.29) is 18.6 Å². The number of benzene rings is 1. The van der Waals surface area contributed by atoms with Gasteiger partial charge in [-0.1, -0.05) is 6.07 Å². The summed E-state index contributed by atoms with van der Waals surface area (Å²) < 4.78 is 9.13. The number of ether oxygens (including phenoxy) is 1. The van der Waals surface area contributed by atoms with Crippen molar-refractivity contribution in [1.29, 1.82) is 0 Å². The quantitative estimate of drug-likeness (QED) is 0.716. The van der Waals surface area contributed by atoms with Crippen LogP contribution in [-0.2, 0) is 13.7 Å². The molecule has 0 unspecified atom stereocenters. The Morgan fingerprint density at radius 3 is 2.70 bits per heavy atom. The van der Waals surface area contributed by atoms with Gasteiger partial charge in [-0.05, 0) is 56.3 Å². The number of hydrogen-bond acceptors (Lipinski definition) is 6. The summed E-state index contributed by atoms with van der Waals surface area (Å²) in [6, 6.07) is 7.21. The number of rotatable bonds is 6. The molecule has 0 fully saturated rings. The van der Waals surface area contributed by atoms with Crippen LogP contribution in [0.1, 0.15) is 47.5 Å². The largest absolute Gasteiger partial charge is 0.486 e. The molecule has 1 aromatic carbocycles. The summed E-state index contributed by atoms with van der Waals surface area (Å²) >= 11 is 0. The summed E-state index contributed by atoms with van der Waals surface area (Å²) in [5.41, 5.74) is 2.96. The van der Waals surface area contributed by atoms with Gasteiger partial charge in [-0.25, -0.2) is 4.68 Å². The third kappa shape index (κ3) is 3.97. The van der Waals surface area contributed by atoms with Crippen LogP contribution in [0.15, 0.2) is 24.3 Å². The molecule has 142 valence electrons. The Morgan fingerprint density at radius 1 is 1.30 bits per heavy atom. The Labute approximate surface area is 157 Å². The van der Waals surface area contributed by atoms with Crippen molar-refractivity contribution >= 4 is 11.6 Å². The van der Waals surface area contributed by atoms with Gasteiger partial charge in [-0.15, -0.1) is 5.10 Å². The van der Waals surface area contributed by atoms with E-state index in [1.165, 1.54) is 4.68 Å². The molecule has 0 aliphatic rings. The Balaban J connectivity index is 1.73. The van der Waals surface area contributed by atoms with E-state index >= 15 is 0 Å². The van der Waals surface area contributed by atoms with Crippen LogP contribution >= 0.6 is 0 Å². The molecule has 0 spiro atoms. The zero-order valence-corrected chi connectivity index (χ0v) is 16.1. The summed E-state index contributed by atoms with van der Waals surface area (Å²) in [6.45, 7) is 8.16. The van der Waals surface area contributed by atoms with Gasteiger partial charge in [0.25, 0.3) is 5.91 Å². The first-order chi connectivity index (χ1) is 12.9. The molecule has 1 amide bonds. The highest BCUT2D eigenvalue weighted by molar-refractivity contribution is 6.05. The zero-order chi connectivity index (χ0) is 19.6. The van der Waals surface area contributed by atoms with Gasteiger partial charge < -0.3 is 10.1 Å². The number of aryl methyl sites for hydroxylation is 2. The fraction of sp³-hybridized carbons (Fsp3) is 0.389. The molecular weight excluding hydrogens is 346 g/mol. The average molecular weight is 369 g/mol. The Kier molecular flexibility index (Phi) is 5.20. The number of amides is 1. The lowest BCUT2D eigenvalue weighted by atomic mass is 10.2. The van der Waals surface area contributed by atoms with Gasteiger partial charge in [0.2, 0.25) is 0 Å². The maximum Gasteiger partial charge on any atom is 0.255 e. The maximum atomic E-state index is 12.7. The molecule has 0 saturated carbocycles. The van der Waals surface area contributed by atoms with Gasteiger partial charge >= 0.3 is 0 Å². The topological polar surface area (TPSA) is 99.8 Å². The predicted molar refractivity (Wildman–Crippen MR) is 99.6 cm³/mol. The molecule has 9 nitrogen and oxygen atoms in total. The average Bonchev–Trinajstić information content (AvgIpc) is 3.17. The predicted octanol–water partition coefficient (Wildman–Crippen LogP) is 2.44. The van der Waals surface area contributed by atoms with Gasteiger partial charge in [0.15, 0.2) is 5.82 Å². The van der Waals surface area contributed by atoms with E-state index in [0.717, 1.165) is 17.1 Å². The van der Waals surface area contributed by atoms with Crippen LogP contribution in [0.2, 0.25) is 0 Å². The SMILES string of the molecule is Cc1nn(C(C)C)c(C)c1NC(=O)c1cccc(OCc2nnnn2C)c1. The van der Waals surface area contributed by atoms with Gasteiger partial charge in [-0.2, -0.15) is 5.10 Å². The molecule has 0 bridgehead atoms. The molecule has 0 radical (unpaired) electrons. The number of carbonyl (C=O) groups is 1. The number of tetrazole rings is 1. The second-order valence-electron chi connectivity index (χ2n) is 6.57. The highest BCUT2D eigenvalue weighted by Crippen LogP contribution is 2.23. The maximum absolute atomic E-state index is 12.7. The molecule has 1 N–H and O–H groups in total. The van der Waals surface area contributed by atoms with Crippen molar-refractivity contribution in [2.75, 3.05) is 5.32 Å². The molecule has 3 rings (SSSR count). The van der Waals surface area contributed by atoms with Crippen LogP contribution in [-0.4, -0.2) is 35.9 Å². The van der Waals surface area contributed by atoms with E-state index in [4.69, 9.17) is 4.74 Å². The number of aromatic nitrogens is 6. The summed E-state index contributed by atoms with van der Waals surface area (Å²) in [6.07, 6.45) is 0. The van der Waals surface area contributed by atoms with E-state index in [0.29, 0.717) is 17.1 Å². The lowest BCUT2D eigenvalue weighted by Crippen LogP contribution is -2.14. The van der Waals surface area contributed by atoms with Crippen molar-refractivity contribution in [3.05, 3.63) is 47.0 Å². The van der Waals surface area contributed by atoms with Crippen molar-refractivity contribution in [2.24, 2.45) is 7.05 Å². The molecular formula is C18H23N7O2. The summed E-state index contributed by atoms with van der Waals surface area (Å²) in [4.78, 5) is 12.7. The number of hydrogen-bond donors (Lipinski definition) is 1. The monoisotopic (exact) mass is 369 g/mol. The van der Waals surface area contributed by atoms with E-state index in [1.54, 1.807) is 31.3 Å². The second-order valence-corrected chi connectivity index (χ2v) is 6.57. The fourth-order valence-corrected chi connectivity index (χ4v) is 2.78. The lowest BCUT2D eigenvalue weighted by Gasteiger charge is -2.10. The Morgan fingerprint density at radius 2 is 2.07 bits per heavy atom. The second kappa shape index (κ2) is 7.56. The first-order valence-corrected chi connectivity index (χ1v) is 8.68. The smallest absolute Gasteiger partial charge is 0.255 e. The highest BCUT2D eigenvalue weighted by Gasteiger charge is 2.17. The van der Waals surface area contributed by atoms with E-state index in [1.807, 2.05) is 18.5 Å². The molecule has 2 heterocycles. The van der Waals surface area contributed by atoms with Crippen LogP contribution in [0, 0.1) is 13.8 Å². The molecule has 0 atom stereocenters. The van der Waals surface area contributed by atoms with E-state index in [9.17, 15) is 4.79 Å². The normalized spacial score (nSPS) is 11.0. The summed E-state index contributed by atoms with van der Waals surface area (Å²) in [5, 5.41) is 18.7. The molecule has 0 aliphatic carbocycles. The fourth-order valence-electron chi connectivity index (χ4n) is 2.78. The zero-order valence-electron chi connectivity index (χ0n) is 16.1. The minimum Gasteiger partial charge on any atom is -0.486 e. The highest BCUT2D eigenvalue weighted by atomic mass is 16.5. The number of anilines is 1. The van der Waals surface area contributed by atoms with Crippen LogP contribution in [0.3, 0.4) is 0 Å². The number of nitrogens with one attached hydrogen (secondary N) is 1. The van der Waals surface area contributed by atoms with Crippen LogP contribution in [0.5, 0.6) is 5.75 Å². The summed E-state index contributed by atoms with van der Waals surface area (Å²) in [5.74, 6) is 0.949. The number of carbonyl (C=O) groups excluding carboxylic acids is 1. The van der Waals surface area contributed by atoms with Crippen molar-refractivity contribution in [2.45, 2.75) is 40.3 Å². The van der Waals surface area contributed by atoms with Gasteiger partial charge in [0.05, 0.1) is 17.1 Å². The van der Waals surface area contributed by atoms with Crippen molar-refractivity contribution in [3.8, 4) is 5.75 Å². The minimum atomic E-state index is -0.213. The number of nitrogens with zero attached hydrogens (tertiary/aromatic N) is 6. The molecule has 0 saturated heterocycles. The van der Waals surface area contributed by atoms with Gasteiger partial charge in [0, 0.05) is 18.7 Å². The third-order valence-electron chi connectivity index (χ3n) is 4.22. The van der Waals surface area contributed by atoms with E-state index < -0.39 is 0 Å². The molecule has 2 aromatic heterocycles. The minimum absolute atomic E-state index is 0.213. The van der Waals surface area contributed by atoms with Crippen LogP contribution < -0.4 is 10.1 Å². The molecule has 9 heteroatoms. The van der Waals surface area contributed by atoms with Gasteiger partial charge in [0.1, 0.15) is 12.4 Å².